The lowest BCUT2D eigenvalue weighted by Gasteiger charge is -2.30. The van der Waals surface area contributed by atoms with E-state index in [1.54, 1.807) is 17.0 Å². The molecular weight excluding hydrogens is 386 g/mol. The molecule has 1 aliphatic rings. The minimum Gasteiger partial charge on any atom is -0.493 e. The van der Waals surface area contributed by atoms with Gasteiger partial charge in [-0.25, -0.2) is 4.79 Å². The predicted molar refractivity (Wildman–Crippen MR) is 111 cm³/mol. The fourth-order valence-electron chi connectivity index (χ4n) is 3.54. The van der Waals surface area contributed by atoms with E-state index in [1.807, 2.05) is 18.2 Å². The van der Waals surface area contributed by atoms with E-state index in [0.717, 1.165) is 19.3 Å². The summed E-state index contributed by atoms with van der Waals surface area (Å²) in [6.45, 7) is 1.34. The number of nitrogens with zero attached hydrogens (tertiary/aromatic N) is 1. The summed E-state index contributed by atoms with van der Waals surface area (Å²) in [5.74, 6) is 0.195. The van der Waals surface area contributed by atoms with Gasteiger partial charge >= 0.3 is 5.97 Å². The minimum absolute atomic E-state index is 0.205. The molecule has 0 aromatic heterocycles. The lowest BCUT2D eigenvalue weighted by atomic mass is 10.1. The molecule has 1 aliphatic heterocycles. The Morgan fingerprint density at radius 2 is 1.47 bits per heavy atom. The monoisotopic (exact) mass is 413 g/mol. The molecule has 0 unspecified atom stereocenters. The third-order valence-electron chi connectivity index (χ3n) is 5.12. The maximum absolute atomic E-state index is 13.2. The van der Waals surface area contributed by atoms with Crippen LogP contribution in [0.4, 0.5) is 0 Å². The summed E-state index contributed by atoms with van der Waals surface area (Å²) in [7, 11) is 4.43. The van der Waals surface area contributed by atoms with Crippen molar-refractivity contribution in [3.05, 3.63) is 53.6 Å². The molecule has 0 N–H and O–H groups in total. The molecule has 2 aromatic carbocycles. The molecule has 0 radical (unpaired) electrons. The fourth-order valence-corrected chi connectivity index (χ4v) is 3.54. The van der Waals surface area contributed by atoms with Gasteiger partial charge in [0.05, 0.1) is 26.9 Å². The highest BCUT2D eigenvalue weighted by Gasteiger charge is 2.31. The van der Waals surface area contributed by atoms with Gasteiger partial charge in [0.25, 0.3) is 5.91 Å². The first kappa shape index (κ1) is 21.5. The van der Waals surface area contributed by atoms with Gasteiger partial charge in [-0.05, 0) is 31.4 Å². The number of esters is 1. The summed E-state index contributed by atoms with van der Waals surface area (Å²) in [5.41, 5.74) is 0.839. The lowest BCUT2D eigenvalue weighted by Crippen LogP contribution is -2.40. The molecule has 0 bridgehead atoms. The Morgan fingerprint density at radius 3 is 2.00 bits per heavy atom. The van der Waals surface area contributed by atoms with E-state index >= 15 is 0 Å². The Kier molecular flexibility index (Phi) is 7.17. The third-order valence-corrected chi connectivity index (χ3v) is 5.12. The first-order chi connectivity index (χ1) is 14.6. The molecule has 1 atom stereocenters. The van der Waals surface area contributed by atoms with E-state index in [-0.39, 0.29) is 11.5 Å². The van der Waals surface area contributed by atoms with Gasteiger partial charge in [-0.15, -0.1) is 0 Å². The van der Waals surface area contributed by atoms with E-state index in [4.69, 9.17) is 18.9 Å². The number of likely N-dealkylation sites (tertiary alicyclic amines) is 1. The van der Waals surface area contributed by atoms with Gasteiger partial charge in [-0.2, -0.15) is 0 Å². The van der Waals surface area contributed by atoms with Gasteiger partial charge in [-0.3, -0.25) is 4.79 Å². The Bertz CT molecular complexity index is 852. The summed E-state index contributed by atoms with van der Waals surface area (Å²) in [4.78, 5) is 28.0. The van der Waals surface area contributed by atoms with Crippen LogP contribution in [0.25, 0.3) is 0 Å². The number of carbonyl (C=O) groups is 2. The highest BCUT2D eigenvalue weighted by molar-refractivity contribution is 5.94. The standard InChI is InChI=1S/C23H27NO6/c1-27-18-14-17(15-19(28-2)21(18)29-3)23(26)30-20(16-10-6-4-7-11-16)22(25)24-12-8-5-9-13-24/h4,6-7,10-11,14-15,20H,5,8-9,12-13H2,1-3H3/t20-/m1/s1. The quantitative estimate of drug-likeness (QED) is 0.646. The zero-order chi connectivity index (χ0) is 21.5. The second-order valence-corrected chi connectivity index (χ2v) is 7.00. The maximum atomic E-state index is 13.2. The molecule has 7 nitrogen and oxygen atoms in total. The Balaban J connectivity index is 1.90. The Labute approximate surface area is 176 Å². The number of rotatable bonds is 7. The molecule has 0 aliphatic carbocycles. The molecule has 7 heteroatoms. The van der Waals surface area contributed by atoms with Crippen molar-refractivity contribution >= 4 is 11.9 Å². The SMILES string of the molecule is COc1cc(C(=O)O[C@@H](C(=O)N2CCCCC2)c2ccccc2)cc(OC)c1OC. The molecule has 30 heavy (non-hydrogen) atoms. The van der Waals surface area contributed by atoms with Crippen molar-refractivity contribution in [2.45, 2.75) is 25.4 Å². The van der Waals surface area contributed by atoms with Gasteiger partial charge in [0.15, 0.2) is 11.5 Å². The number of methoxy groups -OCH3 is 3. The predicted octanol–water partition coefficient (Wildman–Crippen LogP) is 3.62. The van der Waals surface area contributed by atoms with E-state index in [1.165, 1.54) is 33.5 Å². The highest BCUT2D eigenvalue weighted by Crippen LogP contribution is 2.38. The summed E-state index contributed by atoms with van der Waals surface area (Å²) < 4.78 is 21.7. The largest absolute Gasteiger partial charge is 0.493 e. The van der Waals surface area contributed by atoms with E-state index in [0.29, 0.717) is 35.9 Å². The van der Waals surface area contributed by atoms with Gasteiger partial charge in [-0.1, -0.05) is 30.3 Å². The van der Waals surface area contributed by atoms with E-state index in [9.17, 15) is 9.59 Å². The fraction of sp³-hybridized carbons (Fsp3) is 0.391. The van der Waals surface area contributed by atoms with Gasteiger partial charge in [0.2, 0.25) is 11.9 Å². The molecule has 0 spiro atoms. The van der Waals surface area contributed by atoms with Crippen molar-refractivity contribution in [3.8, 4) is 17.2 Å². The van der Waals surface area contributed by atoms with Crippen LogP contribution < -0.4 is 14.2 Å². The van der Waals surface area contributed by atoms with Crippen LogP contribution in [0.15, 0.2) is 42.5 Å². The maximum Gasteiger partial charge on any atom is 0.339 e. The molecule has 3 rings (SSSR count). The van der Waals surface area contributed by atoms with E-state index in [2.05, 4.69) is 0 Å². The number of piperidine rings is 1. The molecule has 1 fully saturated rings. The van der Waals surface area contributed by atoms with Crippen LogP contribution in [0, 0.1) is 0 Å². The van der Waals surface area contributed by atoms with Gasteiger partial charge in [0, 0.05) is 18.7 Å². The number of amides is 1. The van der Waals surface area contributed by atoms with Crippen molar-refractivity contribution < 1.29 is 28.5 Å². The Morgan fingerprint density at radius 1 is 0.867 bits per heavy atom. The van der Waals surface area contributed by atoms with Crippen molar-refractivity contribution in [2.75, 3.05) is 34.4 Å². The molecule has 0 saturated carbocycles. The first-order valence-corrected chi connectivity index (χ1v) is 9.93. The molecule has 1 saturated heterocycles. The van der Waals surface area contributed by atoms with Gasteiger partial charge in [0.1, 0.15) is 0 Å². The number of ether oxygens (including phenoxy) is 4. The van der Waals surface area contributed by atoms with Crippen LogP contribution in [0.2, 0.25) is 0 Å². The van der Waals surface area contributed by atoms with Crippen LogP contribution in [0.3, 0.4) is 0 Å². The second-order valence-electron chi connectivity index (χ2n) is 7.00. The van der Waals surface area contributed by atoms with Crippen LogP contribution >= 0.6 is 0 Å². The average molecular weight is 413 g/mol. The van der Waals surface area contributed by atoms with Crippen molar-refractivity contribution in [1.82, 2.24) is 4.90 Å². The molecule has 2 aromatic rings. The van der Waals surface area contributed by atoms with Crippen molar-refractivity contribution in [1.29, 1.82) is 0 Å². The summed E-state index contributed by atoms with van der Waals surface area (Å²) in [5, 5.41) is 0. The topological polar surface area (TPSA) is 74.3 Å². The zero-order valence-corrected chi connectivity index (χ0v) is 17.6. The third kappa shape index (κ3) is 4.67. The molecule has 160 valence electrons. The summed E-state index contributed by atoms with van der Waals surface area (Å²) >= 11 is 0. The minimum atomic E-state index is -1.02. The highest BCUT2D eigenvalue weighted by atomic mass is 16.6. The smallest absolute Gasteiger partial charge is 0.339 e. The zero-order valence-electron chi connectivity index (χ0n) is 17.6. The van der Waals surface area contributed by atoms with Crippen LogP contribution in [0.1, 0.15) is 41.3 Å². The summed E-state index contributed by atoms with van der Waals surface area (Å²) in [6.07, 6.45) is 1.99. The Hall–Kier alpha value is -3.22. The molecule has 1 heterocycles. The molecule has 1 amide bonds. The van der Waals surface area contributed by atoms with E-state index < -0.39 is 12.1 Å². The number of hydrogen-bond acceptors (Lipinski definition) is 6. The number of carbonyl (C=O) groups excluding carboxylic acids is 2. The average Bonchev–Trinajstić information content (AvgIpc) is 2.81. The van der Waals surface area contributed by atoms with Crippen LogP contribution in [-0.4, -0.2) is 51.2 Å². The van der Waals surface area contributed by atoms with Crippen molar-refractivity contribution in [2.24, 2.45) is 0 Å². The molecular formula is C23H27NO6. The van der Waals surface area contributed by atoms with Crippen molar-refractivity contribution in [3.63, 3.8) is 0 Å². The summed E-state index contributed by atoms with van der Waals surface area (Å²) in [6, 6.07) is 12.1. The van der Waals surface area contributed by atoms with Crippen LogP contribution in [0.5, 0.6) is 17.2 Å². The number of hydrogen-bond donors (Lipinski definition) is 0. The first-order valence-electron chi connectivity index (χ1n) is 9.93. The van der Waals surface area contributed by atoms with Crippen LogP contribution in [-0.2, 0) is 9.53 Å². The number of benzene rings is 2. The second kappa shape index (κ2) is 10.0. The lowest BCUT2D eigenvalue weighted by molar-refractivity contribution is -0.142. The normalized spacial score (nSPS) is 14.6. The van der Waals surface area contributed by atoms with Gasteiger partial charge < -0.3 is 23.8 Å².